The Morgan fingerprint density at radius 3 is 3.00 bits per heavy atom. The molecule has 1 amide bonds. The predicted octanol–water partition coefficient (Wildman–Crippen LogP) is 2.30. The van der Waals surface area contributed by atoms with Crippen LogP contribution in [0.25, 0.3) is 10.9 Å². The lowest BCUT2D eigenvalue weighted by Gasteiger charge is -2.10. The molecule has 1 fully saturated rings. The Bertz CT molecular complexity index is 607. The lowest BCUT2D eigenvalue weighted by molar-refractivity contribution is -0.116. The van der Waals surface area contributed by atoms with Gasteiger partial charge in [-0.25, -0.2) is 0 Å². The number of hydrogen-bond donors (Lipinski definition) is 2. The molecule has 4 heteroatoms. The number of hydrogen-bond acceptors (Lipinski definition) is 3. The average molecular weight is 255 g/mol. The Kier molecular flexibility index (Phi) is 3.17. The fourth-order valence-corrected chi connectivity index (χ4v) is 2.26. The molecule has 3 rings (SSSR count). The largest absolute Gasteiger partial charge is 0.327 e. The lowest BCUT2D eigenvalue weighted by Crippen LogP contribution is -2.28. The van der Waals surface area contributed by atoms with E-state index in [2.05, 4.69) is 10.3 Å². The molecule has 1 aromatic heterocycles. The number of nitrogens with two attached hydrogens (primary N) is 1. The minimum atomic E-state index is -0.0310. The van der Waals surface area contributed by atoms with Gasteiger partial charge in [0, 0.05) is 17.8 Å². The highest BCUT2D eigenvalue weighted by atomic mass is 16.1. The smallest absolute Gasteiger partial charge is 0.225 e. The Hall–Kier alpha value is -1.94. The maximum Gasteiger partial charge on any atom is 0.225 e. The van der Waals surface area contributed by atoms with E-state index < -0.39 is 0 Å². The van der Waals surface area contributed by atoms with E-state index in [9.17, 15) is 4.79 Å². The second kappa shape index (κ2) is 4.97. The monoisotopic (exact) mass is 255 g/mol. The summed E-state index contributed by atoms with van der Waals surface area (Å²) in [6.45, 7) is 0. The Balaban J connectivity index is 1.68. The summed E-state index contributed by atoms with van der Waals surface area (Å²) >= 11 is 0. The van der Waals surface area contributed by atoms with Crippen molar-refractivity contribution in [1.29, 1.82) is 0 Å². The van der Waals surface area contributed by atoms with Crippen LogP contribution in [0.5, 0.6) is 0 Å². The summed E-state index contributed by atoms with van der Waals surface area (Å²) in [5.41, 5.74) is 7.60. The van der Waals surface area contributed by atoms with E-state index in [1.807, 2.05) is 30.3 Å². The molecular weight excluding hydrogens is 238 g/mol. The van der Waals surface area contributed by atoms with Gasteiger partial charge in [0.15, 0.2) is 0 Å². The number of amides is 1. The van der Waals surface area contributed by atoms with Gasteiger partial charge in [0.2, 0.25) is 5.91 Å². The molecule has 1 heterocycles. The van der Waals surface area contributed by atoms with Crippen LogP contribution in [0.3, 0.4) is 0 Å². The van der Waals surface area contributed by atoms with Crippen LogP contribution in [0, 0.1) is 5.92 Å². The van der Waals surface area contributed by atoms with Crippen LogP contribution >= 0.6 is 0 Å². The number of para-hydroxylation sites is 1. The van der Waals surface area contributed by atoms with Crippen molar-refractivity contribution >= 4 is 22.5 Å². The molecule has 0 saturated heterocycles. The maximum atomic E-state index is 11.9. The highest BCUT2D eigenvalue weighted by molar-refractivity contribution is 5.93. The molecule has 1 atom stereocenters. The fourth-order valence-electron chi connectivity index (χ4n) is 2.26. The van der Waals surface area contributed by atoms with Crippen molar-refractivity contribution < 1.29 is 4.79 Å². The van der Waals surface area contributed by atoms with E-state index in [0.29, 0.717) is 12.3 Å². The summed E-state index contributed by atoms with van der Waals surface area (Å²) in [7, 11) is 0. The minimum Gasteiger partial charge on any atom is -0.327 e. The third-order valence-electron chi connectivity index (χ3n) is 3.52. The molecule has 98 valence electrons. The van der Waals surface area contributed by atoms with Crippen LogP contribution in [0.1, 0.15) is 19.3 Å². The zero-order valence-electron chi connectivity index (χ0n) is 10.7. The summed E-state index contributed by atoms with van der Waals surface area (Å²) in [5, 5.41) is 3.89. The standard InChI is InChI=1S/C15H17N3O/c16-13(10-5-6-10)8-15(19)18-12-7-11-3-1-2-4-14(11)17-9-12/h1-4,7,9-10,13H,5-6,8,16H2,(H,18,19). The number of nitrogens with one attached hydrogen (secondary N) is 1. The molecule has 1 aromatic carbocycles. The van der Waals surface area contributed by atoms with Crippen molar-refractivity contribution in [3.8, 4) is 0 Å². The molecule has 0 spiro atoms. The number of nitrogens with zero attached hydrogens (tertiary/aromatic N) is 1. The first-order valence-electron chi connectivity index (χ1n) is 6.62. The lowest BCUT2D eigenvalue weighted by atomic mass is 10.1. The predicted molar refractivity (Wildman–Crippen MR) is 75.7 cm³/mol. The second-order valence-electron chi connectivity index (χ2n) is 5.17. The van der Waals surface area contributed by atoms with Gasteiger partial charge in [-0.15, -0.1) is 0 Å². The SMILES string of the molecule is NC(CC(=O)Nc1cnc2ccccc2c1)C1CC1. The van der Waals surface area contributed by atoms with Gasteiger partial charge in [-0.1, -0.05) is 18.2 Å². The number of fused-ring (bicyclic) bond motifs is 1. The van der Waals surface area contributed by atoms with Crippen molar-refractivity contribution in [3.63, 3.8) is 0 Å². The average Bonchev–Trinajstić information content (AvgIpc) is 3.22. The molecule has 0 aliphatic heterocycles. The van der Waals surface area contributed by atoms with Gasteiger partial charge < -0.3 is 11.1 Å². The Morgan fingerprint density at radius 1 is 1.42 bits per heavy atom. The van der Waals surface area contributed by atoms with Crippen LogP contribution in [0.15, 0.2) is 36.5 Å². The number of pyridine rings is 1. The van der Waals surface area contributed by atoms with Gasteiger partial charge in [-0.05, 0) is 30.9 Å². The topological polar surface area (TPSA) is 68.0 Å². The van der Waals surface area contributed by atoms with Gasteiger partial charge >= 0.3 is 0 Å². The minimum absolute atomic E-state index is 0.00610. The maximum absolute atomic E-state index is 11.9. The second-order valence-corrected chi connectivity index (χ2v) is 5.17. The van der Waals surface area contributed by atoms with Crippen molar-refractivity contribution in [1.82, 2.24) is 4.98 Å². The normalized spacial score (nSPS) is 16.3. The van der Waals surface area contributed by atoms with Crippen LogP contribution in [0.2, 0.25) is 0 Å². The third-order valence-corrected chi connectivity index (χ3v) is 3.52. The van der Waals surface area contributed by atoms with E-state index in [4.69, 9.17) is 5.73 Å². The number of carbonyl (C=O) groups is 1. The Labute approximate surface area is 112 Å². The third kappa shape index (κ3) is 2.90. The number of anilines is 1. The zero-order chi connectivity index (χ0) is 13.2. The Morgan fingerprint density at radius 2 is 2.21 bits per heavy atom. The van der Waals surface area contributed by atoms with E-state index in [1.54, 1.807) is 6.20 Å². The first-order chi connectivity index (χ1) is 9.22. The summed E-state index contributed by atoms with van der Waals surface area (Å²) < 4.78 is 0. The summed E-state index contributed by atoms with van der Waals surface area (Å²) in [5.74, 6) is 0.511. The summed E-state index contributed by atoms with van der Waals surface area (Å²) in [6.07, 6.45) is 4.39. The van der Waals surface area contributed by atoms with Crippen LogP contribution in [-0.2, 0) is 4.79 Å². The van der Waals surface area contributed by atoms with Crippen LogP contribution in [0.4, 0.5) is 5.69 Å². The zero-order valence-corrected chi connectivity index (χ0v) is 10.7. The number of rotatable bonds is 4. The van der Waals surface area contributed by atoms with E-state index in [0.717, 1.165) is 29.4 Å². The molecule has 1 aliphatic rings. The fraction of sp³-hybridized carbons (Fsp3) is 0.333. The molecule has 1 aliphatic carbocycles. The van der Waals surface area contributed by atoms with Gasteiger partial charge in [-0.3, -0.25) is 9.78 Å². The molecule has 19 heavy (non-hydrogen) atoms. The van der Waals surface area contributed by atoms with Crippen molar-refractivity contribution in [3.05, 3.63) is 36.5 Å². The molecule has 4 nitrogen and oxygen atoms in total. The number of aromatic nitrogens is 1. The van der Waals surface area contributed by atoms with Gasteiger partial charge in [-0.2, -0.15) is 0 Å². The molecule has 2 aromatic rings. The first kappa shape index (κ1) is 12.1. The van der Waals surface area contributed by atoms with Crippen LogP contribution < -0.4 is 11.1 Å². The van der Waals surface area contributed by atoms with Crippen molar-refractivity contribution in [2.75, 3.05) is 5.32 Å². The highest BCUT2D eigenvalue weighted by Crippen LogP contribution is 2.32. The molecule has 1 saturated carbocycles. The van der Waals surface area contributed by atoms with Gasteiger partial charge in [0.05, 0.1) is 17.4 Å². The van der Waals surface area contributed by atoms with E-state index >= 15 is 0 Å². The molecular formula is C15H17N3O. The quantitative estimate of drug-likeness (QED) is 0.880. The molecule has 0 bridgehead atoms. The summed E-state index contributed by atoms with van der Waals surface area (Å²) in [6, 6.07) is 9.76. The number of carbonyl (C=O) groups excluding carboxylic acids is 1. The van der Waals surface area contributed by atoms with E-state index in [1.165, 1.54) is 0 Å². The van der Waals surface area contributed by atoms with Gasteiger partial charge in [0.25, 0.3) is 0 Å². The highest BCUT2D eigenvalue weighted by Gasteiger charge is 2.29. The molecule has 1 unspecified atom stereocenters. The number of benzene rings is 1. The van der Waals surface area contributed by atoms with E-state index in [-0.39, 0.29) is 11.9 Å². The molecule has 3 N–H and O–H groups in total. The molecule has 0 radical (unpaired) electrons. The summed E-state index contributed by atoms with van der Waals surface area (Å²) in [4.78, 5) is 16.2. The van der Waals surface area contributed by atoms with Crippen molar-refractivity contribution in [2.24, 2.45) is 11.7 Å². The van der Waals surface area contributed by atoms with Gasteiger partial charge in [0.1, 0.15) is 0 Å². The first-order valence-corrected chi connectivity index (χ1v) is 6.62. The van der Waals surface area contributed by atoms with Crippen LogP contribution in [-0.4, -0.2) is 16.9 Å². The van der Waals surface area contributed by atoms with Crippen molar-refractivity contribution in [2.45, 2.75) is 25.3 Å².